The third kappa shape index (κ3) is 4.97. The molecule has 2 aromatic heterocycles. The Kier molecular flexibility index (Phi) is 7.22. The Morgan fingerprint density at radius 2 is 1.80 bits per heavy atom. The Balaban J connectivity index is 1.50. The van der Waals surface area contributed by atoms with Crippen LogP contribution in [-0.4, -0.2) is 33.6 Å². The summed E-state index contributed by atoms with van der Waals surface area (Å²) in [4.78, 5) is 32.5. The first kappa shape index (κ1) is 26.5. The summed E-state index contributed by atoms with van der Waals surface area (Å²) in [6, 6.07) is 20.0. The van der Waals surface area contributed by atoms with Crippen molar-refractivity contribution in [2.24, 2.45) is 0 Å². The average molecular weight is 533 g/mol. The van der Waals surface area contributed by atoms with Crippen LogP contribution in [0.5, 0.6) is 0 Å². The molecule has 9 nitrogen and oxygen atoms in total. The molecule has 0 bridgehead atoms. The third-order valence-corrected chi connectivity index (χ3v) is 7.47. The van der Waals surface area contributed by atoms with Crippen LogP contribution in [0.2, 0.25) is 0 Å². The first-order valence-corrected chi connectivity index (χ1v) is 13.1. The van der Waals surface area contributed by atoms with Crippen LogP contribution in [0.1, 0.15) is 70.0 Å². The number of hydrogen-bond donors (Lipinski definition) is 2. The van der Waals surface area contributed by atoms with Crippen LogP contribution >= 0.6 is 0 Å². The number of pyridine rings is 1. The van der Waals surface area contributed by atoms with E-state index in [1.807, 2.05) is 32.0 Å². The van der Waals surface area contributed by atoms with Crippen LogP contribution in [0, 0.1) is 29.6 Å². The zero-order valence-corrected chi connectivity index (χ0v) is 22.3. The maximum absolute atomic E-state index is 13.6. The molecule has 0 radical (unpaired) electrons. The van der Waals surface area contributed by atoms with Crippen molar-refractivity contribution in [3.8, 4) is 12.1 Å². The van der Waals surface area contributed by atoms with E-state index < -0.39 is 11.5 Å². The molecule has 1 unspecified atom stereocenters. The number of rotatable bonds is 6. The number of benzene rings is 2. The predicted octanol–water partition coefficient (Wildman–Crippen LogP) is 5.00. The van der Waals surface area contributed by atoms with Crippen LogP contribution < -0.4 is 15.8 Å². The van der Waals surface area contributed by atoms with E-state index >= 15 is 0 Å². The Morgan fingerprint density at radius 3 is 2.45 bits per heavy atom. The number of nitriles is 2. The normalized spacial score (nSPS) is 14.3. The largest absolute Gasteiger partial charge is 0.478 e. The summed E-state index contributed by atoms with van der Waals surface area (Å²) in [6.45, 7) is 5.22. The van der Waals surface area contributed by atoms with Gasteiger partial charge in [-0.25, -0.2) is 9.78 Å². The van der Waals surface area contributed by atoms with Gasteiger partial charge >= 0.3 is 5.97 Å². The summed E-state index contributed by atoms with van der Waals surface area (Å²) in [6.07, 6.45) is 3.13. The monoisotopic (exact) mass is 532 g/mol. The first-order chi connectivity index (χ1) is 19.3. The number of carboxylic acids is 1. The molecule has 200 valence electrons. The Hall–Kier alpha value is -5.15. The summed E-state index contributed by atoms with van der Waals surface area (Å²) >= 11 is 0. The minimum absolute atomic E-state index is 0.0581. The van der Waals surface area contributed by atoms with Crippen molar-refractivity contribution in [1.29, 1.82) is 10.5 Å². The van der Waals surface area contributed by atoms with E-state index in [0.717, 1.165) is 42.7 Å². The second kappa shape index (κ2) is 10.9. The van der Waals surface area contributed by atoms with Gasteiger partial charge in [0.15, 0.2) is 0 Å². The molecule has 0 spiro atoms. The predicted molar refractivity (Wildman–Crippen MR) is 152 cm³/mol. The summed E-state index contributed by atoms with van der Waals surface area (Å²) in [7, 11) is 0. The number of carbonyl (C=O) groups is 1. The molecule has 0 aliphatic carbocycles. The highest BCUT2D eigenvalue weighted by Gasteiger charge is 2.27. The molecule has 1 fully saturated rings. The minimum Gasteiger partial charge on any atom is -0.478 e. The van der Waals surface area contributed by atoms with Gasteiger partial charge in [-0.3, -0.25) is 9.20 Å². The maximum Gasteiger partial charge on any atom is 0.337 e. The number of aromatic nitrogens is 2. The lowest BCUT2D eigenvalue weighted by Crippen LogP contribution is -2.34. The number of nitrogens with zero attached hydrogens (tertiary/aromatic N) is 5. The maximum atomic E-state index is 13.6. The highest BCUT2D eigenvalue weighted by Crippen LogP contribution is 2.32. The molecule has 1 saturated heterocycles. The van der Waals surface area contributed by atoms with E-state index in [0.29, 0.717) is 22.6 Å². The lowest BCUT2D eigenvalue weighted by Gasteiger charge is -2.33. The molecule has 2 N–H and O–H groups in total. The number of fused-ring (bicyclic) bond motifs is 1. The number of aromatic carboxylic acids is 1. The topological polar surface area (TPSA) is 135 Å². The number of aryl methyl sites for hydroxylation is 1. The van der Waals surface area contributed by atoms with E-state index in [1.165, 1.54) is 10.5 Å². The molecule has 40 heavy (non-hydrogen) atoms. The van der Waals surface area contributed by atoms with Gasteiger partial charge in [0.2, 0.25) is 0 Å². The molecular weight excluding hydrogens is 504 g/mol. The zero-order valence-electron chi connectivity index (χ0n) is 22.3. The van der Waals surface area contributed by atoms with Crippen molar-refractivity contribution in [3.63, 3.8) is 0 Å². The minimum atomic E-state index is -1.04. The van der Waals surface area contributed by atoms with Gasteiger partial charge < -0.3 is 15.3 Å². The van der Waals surface area contributed by atoms with Crippen molar-refractivity contribution < 1.29 is 9.90 Å². The average Bonchev–Trinajstić information content (AvgIpc) is 2.97. The fourth-order valence-electron chi connectivity index (χ4n) is 5.41. The van der Waals surface area contributed by atoms with E-state index in [1.54, 1.807) is 36.5 Å². The fourth-order valence-corrected chi connectivity index (χ4v) is 5.41. The SMILES string of the molecule is Cc1cc(C(C)Nc2ccccc2C(=O)O)c2nc(C3CCN(c4ccc(C#N)cc4)CC3)c(C#N)c(=O)n2c1. The number of para-hydroxylation sites is 1. The van der Waals surface area contributed by atoms with Crippen molar-refractivity contribution in [3.05, 3.63) is 105 Å². The van der Waals surface area contributed by atoms with E-state index in [-0.39, 0.29) is 23.1 Å². The molecule has 1 aliphatic rings. The molecule has 4 aromatic rings. The fraction of sp³-hybridized carbons (Fsp3) is 0.258. The van der Waals surface area contributed by atoms with Crippen LogP contribution in [-0.2, 0) is 0 Å². The van der Waals surface area contributed by atoms with Crippen LogP contribution in [0.4, 0.5) is 11.4 Å². The summed E-state index contributed by atoms with van der Waals surface area (Å²) < 4.78 is 1.43. The molecule has 9 heteroatoms. The van der Waals surface area contributed by atoms with E-state index in [9.17, 15) is 20.0 Å². The lowest BCUT2D eigenvalue weighted by molar-refractivity contribution is 0.0698. The summed E-state index contributed by atoms with van der Waals surface area (Å²) in [5.74, 6) is -1.10. The smallest absolute Gasteiger partial charge is 0.337 e. The molecule has 0 saturated carbocycles. The van der Waals surface area contributed by atoms with Gasteiger partial charge in [-0.1, -0.05) is 12.1 Å². The van der Waals surface area contributed by atoms with Crippen LogP contribution in [0.25, 0.3) is 5.65 Å². The Labute approximate surface area is 231 Å². The Morgan fingerprint density at radius 1 is 1.10 bits per heavy atom. The second-order valence-electron chi connectivity index (χ2n) is 10.1. The van der Waals surface area contributed by atoms with Gasteiger partial charge in [0.1, 0.15) is 17.3 Å². The van der Waals surface area contributed by atoms with Gasteiger partial charge in [-0.2, -0.15) is 10.5 Å². The number of hydrogen-bond acceptors (Lipinski definition) is 7. The third-order valence-electron chi connectivity index (χ3n) is 7.47. The van der Waals surface area contributed by atoms with Gasteiger partial charge in [-0.05, 0) is 74.7 Å². The second-order valence-corrected chi connectivity index (χ2v) is 10.1. The van der Waals surface area contributed by atoms with Crippen LogP contribution in [0.15, 0.2) is 65.6 Å². The van der Waals surface area contributed by atoms with Crippen molar-refractivity contribution in [2.75, 3.05) is 23.3 Å². The highest BCUT2D eigenvalue weighted by molar-refractivity contribution is 5.94. The number of piperidine rings is 1. The van der Waals surface area contributed by atoms with Gasteiger partial charge in [0.05, 0.1) is 28.9 Å². The standard InChI is InChI=1S/C31H28N6O3/c1-19-15-25(20(2)34-27-6-4-3-5-24(27)31(39)40)29-35-28(26(17-33)30(38)37(29)18-19)22-11-13-36(14-12-22)23-9-7-21(16-32)8-10-23/h3-10,15,18,20,22,34H,11-14H2,1-2H3,(H,39,40). The van der Waals surface area contributed by atoms with E-state index in [4.69, 9.17) is 10.2 Å². The van der Waals surface area contributed by atoms with Crippen molar-refractivity contribution in [1.82, 2.24) is 9.38 Å². The molecule has 3 heterocycles. The van der Waals surface area contributed by atoms with Crippen molar-refractivity contribution in [2.45, 2.75) is 38.6 Å². The molecule has 5 rings (SSSR count). The number of carboxylic acid groups (broad SMARTS) is 1. The van der Waals surface area contributed by atoms with Crippen LogP contribution in [0.3, 0.4) is 0 Å². The zero-order chi connectivity index (χ0) is 28.4. The molecule has 2 aromatic carbocycles. The molecular formula is C31H28N6O3. The Bertz CT molecular complexity index is 1740. The number of anilines is 2. The number of nitrogens with one attached hydrogen (secondary N) is 1. The lowest BCUT2D eigenvalue weighted by atomic mass is 9.90. The quantitative estimate of drug-likeness (QED) is 0.354. The molecule has 1 atom stereocenters. The highest BCUT2D eigenvalue weighted by atomic mass is 16.4. The summed E-state index contributed by atoms with van der Waals surface area (Å²) in [5.41, 5.74) is 4.43. The summed E-state index contributed by atoms with van der Waals surface area (Å²) in [5, 5.41) is 31.9. The first-order valence-electron chi connectivity index (χ1n) is 13.1. The van der Waals surface area contributed by atoms with E-state index in [2.05, 4.69) is 22.4 Å². The van der Waals surface area contributed by atoms with Gasteiger partial charge in [0, 0.05) is 42.1 Å². The van der Waals surface area contributed by atoms with Crippen molar-refractivity contribution >= 4 is 23.0 Å². The molecule has 1 aliphatic heterocycles. The van der Waals surface area contributed by atoms with Gasteiger partial charge in [0.25, 0.3) is 5.56 Å². The van der Waals surface area contributed by atoms with Gasteiger partial charge in [-0.15, -0.1) is 0 Å². The molecule has 0 amide bonds.